The number of nitrogens with two attached hydrogens (primary N) is 1. The van der Waals surface area contributed by atoms with E-state index in [0.717, 1.165) is 24.9 Å². The molecule has 2 nitrogen and oxygen atoms in total. The summed E-state index contributed by atoms with van der Waals surface area (Å²) >= 11 is 0. The molecule has 1 saturated carbocycles. The Balaban J connectivity index is 2.16. The fraction of sp³-hybridized carbons (Fsp3) is 1.00. The van der Waals surface area contributed by atoms with Crippen molar-refractivity contribution in [3.63, 3.8) is 0 Å². The summed E-state index contributed by atoms with van der Waals surface area (Å²) in [5.74, 6) is 1.78. The summed E-state index contributed by atoms with van der Waals surface area (Å²) in [6.45, 7) is 8.74. The van der Waals surface area contributed by atoms with Crippen LogP contribution in [0.25, 0.3) is 0 Å². The molecule has 1 unspecified atom stereocenters. The maximum absolute atomic E-state index is 5.89. The monoisotopic (exact) mass is 226 g/mol. The molecule has 0 amide bonds. The van der Waals surface area contributed by atoms with Crippen molar-refractivity contribution in [1.82, 2.24) is 5.32 Å². The lowest BCUT2D eigenvalue weighted by atomic mass is 9.82. The molecule has 1 atom stereocenters. The maximum Gasteiger partial charge on any atom is 0.0275 e. The van der Waals surface area contributed by atoms with E-state index in [4.69, 9.17) is 5.73 Å². The van der Waals surface area contributed by atoms with E-state index < -0.39 is 0 Å². The summed E-state index contributed by atoms with van der Waals surface area (Å²) in [6, 6.07) is 0. The van der Waals surface area contributed by atoms with Crippen LogP contribution < -0.4 is 11.1 Å². The molecule has 1 aliphatic carbocycles. The van der Waals surface area contributed by atoms with Gasteiger partial charge in [0.2, 0.25) is 0 Å². The van der Waals surface area contributed by atoms with Crippen LogP contribution >= 0.6 is 0 Å². The van der Waals surface area contributed by atoms with E-state index in [-0.39, 0.29) is 5.54 Å². The Morgan fingerprint density at radius 2 is 2.06 bits per heavy atom. The Labute approximate surface area is 101 Å². The van der Waals surface area contributed by atoms with Gasteiger partial charge in [0.25, 0.3) is 0 Å². The van der Waals surface area contributed by atoms with Crippen LogP contribution in [0.1, 0.15) is 59.3 Å². The first-order valence-electron chi connectivity index (χ1n) is 7.01. The van der Waals surface area contributed by atoms with Crippen LogP contribution in [0.3, 0.4) is 0 Å². The van der Waals surface area contributed by atoms with E-state index in [1.807, 2.05) is 0 Å². The van der Waals surface area contributed by atoms with Gasteiger partial charge in [0.1, 0.15) is 0 Å². The van der Waals surface area contributed by atoms with Gasteiger partial charge in [-0.25, -0.2) is 0 Å². The average Bonchev–Trinajstić information content (AvgIpc) is 2.19. The topological polar surface area (TPSA) is 38.0 Å². The third kappa shape index (κ3) is 4.84. The van der Waals surface area contributed by atoms with Gasteiger partial charge in [-0.2, -0.15) is 0 Å². The molecule has 0 aromatic heterocycles. The summed E-state index contributed by atoms with van der Waals surface area (Å²) in [5, 5.41) is 3.68. The molecule has 0 aromatic carbocycles. The van der Waals surface area contributed by atoms with Crippen molar-refractivity contribution in [1.29, 1.82) is 0 Å². The second-order valence-electron chi connectivity index (χ2n) is 6.21. The van der Waals surface area contributed by atoms with E-state index >= 15 is 0 Å². The summed E-state index contributed by atoms with van der Waals surface area (Å²) in [7, 11) is 0. The Morgan fingerprint density at radius 3 is 2.50 bits per heavy atom. The van der Waals surface area contributed by atoms with E-state index in [0.29, 0.717) is 0 Å². The maximum atomic E-state index is 5.89. The lowest BCUT2D eigenvalue weighted by Gasteiger charge is -2.32. The summed E-state index contributed by atoms with van der Waals surface area (Å²) < 4.78 is 0. The normalized spacial score (nSPS) is 20.8. The standard InChI is InChI=1S/C14H30N2/c1-12(2)7-9-14(3,11-15)16-10-8-13-5-4-6-13/h12-13,16H,4-11,15H2,1-3H3. The van der Waals surface area contributed by atoms with Gasteiger partial charge in [-0.15, -0.1) is 0 Å². The van der Waals surface area contributed by atoms with Gasteiger partial charge in [0.05, 0.1) is 0 Å². The van der Waals surface area contributed by atoms with Crippen molar-refractivity contribution in [3.8, 4) is 0 Å². The van der Waals surface area contributed by atoms with Crippen LogP contribution in [-0.4, -0.2) is 18.6 Å². The highest BCUT2D eigenvalue weighted by molar-refractivity contribution is 4.85. The molecule has 0 radical (unpaired) electrons. The highest BCUT2D eigenvalue weighted by Gasteiger charge is 2.23. The molecule has 96 valence electrons. The van der Waals surface area contributed by atoms with Gasteiger partial charge < -0.3 is 11.1 Å². The zero-order chi connectivity index (χ0) is 12.0. The fourth-order valence-electron chi connectivity index (χ4n) is 2.23. The van der Waals surface area contributed by atoms with Gasteiger partial charge in [-0.1, -0.05) is 33.1 Å². The van der Waals surface area contributed by atoms with Crippen LogP contribution in [0.2, 0.25) is 0 Å². The molecule has 0 bridgehead atoms. The fourth-order valence-corrected chi connectivity index (χ4v) is 2.23. The van der Waals surface area contributed by atoms with E-state index in [1.54, 1.807) is 0 Å². The van der Waals surface area contributed by atoms with Gasteiger partial charge in [0, 0.05) is 12.1 Å². The van der Waals surface area contributed by atoms with E-state index in [1.165, 1.54) is 38.5 Å². The molecule has 0 spiro atoms. The van der Waals surface area contributed by atoms with Gasteiger partial charge >= 0.3 is 0 Å². The van der Waals surface area contributed by atoms with Gasteiger partial charge in [0.15, 0.2) is 0 Å². The predicted octanol–water partition coefficient (Wildman–Crippen LogP) is 2.92. The molecule has 1 rings (SSSR count). The number of nitrogens with one attached hydrogen (secondary N) is 1. The molecule has 1 aliphatic rings. The molecule has 3 N–H and O–H groups in total. The van der Waals surface area contributed by atoms with Crippen molar-refractivity contribution >= 4 is 0 Å². The van der Waals surface area contributed by atoms with Crippen molar-refractivity contribution < 1.29 is 0 Å². The van der Waals surface area contributed by atoms with Crippen molar-refractivity contribution in [2.24, 2.45) is 17.6 Å². The molecule has 0 aromatic rings. The first-order chi connectivity index (χ1) is 7.56. The summed E-state index contributed by atoms with van der Waals surface area (Å²) in [6.07, 6.45) is 8.17. The highest BCUT2D eigenvalue weighted by atomic mass is 15.0. The highest BCUT2D eigenvalue weighted by Crippen LogP contribution is 2.29. The van der Waals surface area contributed by atoms with Crippen LogP contribution in [0.15, 0.2) is 0 Å². The predicted molar refractivity (Wildman–Crippen MR) is 71.5 cm³/mol. The van der Waals surface area contributed by atoms with E-state index in [2.05, 4.69) is 26.1 Å². The quantitative estimate of drug-likeness (QED) is 0.668. The smallest absolute Gasteiger partial charge is 0.0275 e. The molecule has 0 heterocycles. The Kier molecular flexibility index (Phi) is 5.77. The number of hydrogen-bond acceptors (Lipinski definition) is 2. The average molecular weight is 226 g/mol. The number of hydrogen-bond donors (Lipinski definition) is 2. The molecular weight excluding hydrogens is 196 g/mol. The Hall–Kier alpha value is -0.0800. The summed E-state index contributed by atoms with van der Waals surface area (Å²) in [4.78, 5) is 0. The third-order valence-corrected chi connectivity index (χ3v) is 4.05. The molecule has 0 aliphatic heterocycles. The van der Waals surface area contributed by atoms with E-state index in [9.17, 15) is 0 Å². The Morgan fingerprint density at radius 1 is 1.38 bits per heavy atom. The molecule has 2 heteroatoms. The minimum absolute atomic E-state index is 0.161. The van der Waals surface area contributed by atoms with Crippen LogP contribution in [-0.2, 0) is 0 Å². The minimum Gasteiger partial charge on any atom is -0.329 e. The van der Waals surface area contributed by atoms with Crippen molar-refractivity contribution in [2.75, 3.05) is 13.1 Å². The number of rotatable bonds is 8. The summed E-state index contributed by atoms with van der Waals surface area (Å²) in [5.41, 5.74) is 6.05. The molecule has 0 saturated heterocycles. The van der Waals surface area contributed by atoms with Crippen molar-refractivity contribution in [3.05, 3.63) is 0 Å². The first-order valence-corrected chi connectivity index (χ1v) is 7.01. The molecular formula is C14H30N2. The largest absolute Gasteiger partial charge is 0.329 e. The van der Waals surface area contributed by atoms with Crippen molar-refractivity contribution in [2.45, 2.75) is 64.8 Å². The second kappa shape index (κ2) is 6.61. The zero-order valence-corrected chi connectivity index (χ0v) is 11.4. The SMILES string of the molecule is CC(C)CCC(C)(CN)NCCC1CCC1. The third-order valence-electron chi connectivity index (χ3n) is 4.05. The lowest BCUT2D eigenvalue weighted by molar-refractivity contribution is 0.259. The minimum atomic E-state index is 0.161. The Bertz CT molecular complexity index is 187. The second-order valence-corrected chi connectivity index (χ2v) is 6.21. The lowest BCUT2D eigenvalue weighted by Crippen LogP contribution is -2.49. The van der Waals surface area contributed by atoms with Crippen LogP contribution in [0.5, 0.6) is 0 Å². The zero-order valence-electron chi connectivity index (χ0n) is 11.4. The molecule has 1 fully saturated rings. The van der Waals surface area contributed by atoms with Gasteiger partial charge in [-0.3, -0.25) is 0 Å². The first kappa shape index (κ1) is 14.0. The molecule has 16 heavy (non-hydrogen) atoms. The van der Waals surface area contributed by atoms with Crippen LogP contribution in [0.4, 0.5) is 0 Å². The van der Waals surface area contributed by atoms with Crippen LogP contribution in [0, 0.1) is 11.8 Å². The van der Waals surface area contributed by atoms with Gasteiger partial charge in [-0.05, 0) is 44.6 Å².